The maximum atomic E-state index is 5.69. The molecule has 0 aromatic heterocycles. The van der Waals surface area contributed by atoms with E-state index in [0.717, 1.165) is 21.3 Å². The van der Waals surface area contributed by atoms with Gasteiger partial charge in [-0.05, 0) is 42.8 Å². The first-order chi connectivity index (χ1) is 10.1. The summed E-state index contributed by atoms with van der Waals surface area (Å²) in [5.74, 6) is 1.50. The molecule has 0 heterocycles. The van der Waals surface area contributed by atoms with Crippen molar-refractivity contribution < 1.29 is 9.47 Å². The first-order valence-corrected chi connectivity index (χ1v) is 7.68. The second kappa shape index (κ2) is 7.43. The Labute approximate surface area is 138 Å². The van der Waals surface area contributed by atoms with Gasteiger partial charge in [-0.25, -0.2) is 0 Å². The molecule has 2 aromatic rings. The SMILES string of the molecule is Cc1cccc(OCCOc2ccc(Br)cc2C(N)=S)c1. The molecular formula is C16H16BrNO2S. The highest BCUT2D eigenvalue weighted by Crippen LogP contribution is 2.23. The predicted octanol–water partition coefficient (Wildman–Crippen LogP) is 3.85. The molecule has 21 heavy (non-hydrogen) atoms. The summed E-state index contributed by atoms with van der Waals surface area (Å²) < 4.78 is 12.2. The van der Waals surface area contributed by atoms with E-state index >= 15 is 0 Å². The highest BCUT2D eigenvalue weighted by Gasteiger charge is 2.07. The summed E-state index contributed by atoms with van der Waals surface area (Å²) in [6.07, 6.45) is 0. The first kappa shape index (κ1) is 15.8. The van der Waals surface area contributed by atoms with E-state index in [1.54, 1.807) is 0 Å². The molecule has 0 spiro atoms. The fourth-order valence-electron chi connectivity index (χ4n) is 1.84. The van der Waals surface area contributed by atoms with E-state index in [1.165, 1.54) is 0 Å². The van der Waals surface area contributed by atoms with Gasteiger partial charge in [0.2, 0.25) is 0 Å². The predicted molar refractivity (Wildman–Crippen MR) is 92.2 cm³/mol. The summed E-state index contributed by atoms with van der Waals surface area (Å²) in [5.41, 5.74) is 7.58. The fraction of sp³-hybridized carbons (Fsp3) is 0.188. The van der Waals surface area contributed by atoms with Gasteiger partial charge in [-0.2, -0.15) is 0 Å². The summed E-state index contributed by atoms with van der Waals surface area (Å²) in [7, 11) is 0. The van der Waals surface area contributed by atoms with Crippen molar-refractivity contribution in [3.8, 4) is 11.5 Å². The van der Waals surface area contributed by atoms with Crippen molar-refractivity contribution in [2.75, 3.05) is 13.2 Å². The summed E-state index contributed by atoms with van der Waals surface area (Å²) >= 11 is 8.41. The first-order valence-electron chi connectivity index (χ1n) is 6.48. The van der Waals surface area contributed by atoms with Crippen molar-refractivity contribution in [2.45, 2.75) is 6.92 Å². The molecule has 0 unspecified atom stereocenters. The molecule has 3 nitrogen and oxygen atoms in total. The van der Waals surface area contributed by atoms with E-state index in [0.29, 0.717) is 24.0 Å². The van der Waals surface area contributed by atoms with Crippen LogP contribution in [0.4, 0.5) is 0 Å². The van der Waals surface area contributed by atoms with Gasteiger partial charge in [0.25, 0.3) is 0 Å². The topological polar surface area (TPSA) is 44.5 Å². The van der Waals surface area contributed by atoms with Crippen LogP contribution < -0.4 is 15.2 Å². The molecule has 2 N–H and O–H groups in total. The maximum Gasteiger partial charge on any atom is 0.129 e. The van der Waals surface area contributed by atoms with Crippen molar-refractivity contribution in [1.29, 1.82) is 0 Å². The lowest BCUT2D eigenvalue weighted by atomic mass is 10.2. The van der Waals surface area contributed by atoms with Crippen molar-refractivity contribution in [1.82, 2.24) is 0 Å². The molecule has 2 rings (SSSR count). The van der Waals surface area contributed by atoms with Gasteiger partial charge in [0.05, 0.1) is 5.56 Å². The molecule has 0 saturated carbocycles. The minimum absolute atomic E-state index is 0.311. The molecule has 0 bridgehead atoms. The van der Waals surface area contributed by atoms with Gasteiger partial charge in [0, 0.05) is 4.47 Å². The average Bonchev–Trinajstić information content (AvgIpc) is 2.44. The fourth-order valence-corrected chi connectivity index (χ4v) is 2.36. The molecule has 110 valence electrons. The lowest BCUT2D eigenvalue weighted by molar-refractivity contribution is 0.217. The van der Waals surface area contributed by atoms with Crippen LogP contribution in [0.25, 0.3) is 0 Å². The second-order valence-electron chi connectivity index (χ2n) is 4.52. The Hall–Kier alpha value is -1.59. The molecule has 5 heteroatoms. The van der Waals surface area contributed by atoms with Crippen LogP contribution in [-0.4, -0.2) is 18.2 Å². The largest absolute Gasteiger partial charge is 0.490 e. The lowest BCUT2D eigenvalue weighted by Gasteiger charge is -2.12. The molecule has 0 radical (unpaired) electrons. The number of hydrogen-bond donors (Lipinski definition) is 1. The molecule has 2 aromatic carbocycles. The Balaban J connectivity index is 1.90. The second-order valence-corrected chi connectivity index (χ2v) is 5.87. The molecule has 0 aliphatic heterocycles. The minimum atomic E-state index is 0.311. The summed E-state index contributed by atoms with van der Waals surface area (Å²) in [4.78, 5) is 0.311. The monoisotopic (exact) mass is 365 g/mol. The molecular weight excluding hydrogens is 350 g/mol. The zero-order valence-electron chi connectivity index (χ0n) is 11.6. The van der Waals surface area contributed by atoms with E-state index in [1.807, 2.05) is 49.4 Å². The van der Waals surface area contributed by atoms with Crippen molar-refractivity contribution in [3.05, 3.63) is 58.1 Å². The Morgan fingerprint density at radius 1 is 1.14 bits per heavy atom. The number of benzene rings is 2. The van der Waals surface area contributed by atoms with Gasteiger partial charge in [0.1, 0.15) is 29.7 Å². The molecule has 0 amide bonds. The number of rotatable bonds is 6. The van der Waals surface area contributed by atoms with Crippen LogP contribution in [0.2, 0.25) is 0 Å². The number of hydrogen-bond acceptors (Lipinski definition) is 3. The quantitative estimate of drug-likeness (QED) is 0.623. The van der Waals surface area contributed by atoms with E-state index in [9.17, 15) is 0 Å². The number of halogens is 1. The third kappa shape index (κ3) is 4.72. The van der Waals surface area contributed by atoms with Crippen LogP contribution in [-0.2, 0) is 0 Å². The van der Waals surface area contributed by atoms with E-state index in [4.69, 9.17) is 27.4 Å². The Bertz CT molecular complexity index is 646. The zero-order valence-corrected chi connectivity index (χ0v) is 14.0. The van der Waals surface area contributed by atoms with Crippen LogP contribution in [0.1, 0.15) is 11.1 Å². The van der Waals surface area contributed by atoms with Gasteiger partial charge < -0.3 is 15.2 Å². The van der Waals surface area contributed by atoms with E-state index < -0.39 is 0 Å². The van der Waals surface area contributed by atoms with Crippen LogP contribution in [0, 0.1) is 6.92 Å². The summed E-state index contributed by atoms with van der Waals surface area (Å²) in [6, 6.07) is 13.5. The van der Waals surface area contributed by atoms with E-state index in [-0.39, 0.29) is 0 Å². The van der Waals surface area contributed by atoms with E-state index in [2.05, 4.69) is 15.9 Å². The van der Waals surface area contributed by atoms with Crippen molar-refractivity contribution in [2.24, 2.45) is 5.73 Å². The number of nitrogens with two attached hydrogens (primary N) is 1. The van der Waals surface area contributed by atoms with Crippen LogP contribution >= 0.6 is 28.1 Å². The van der Waals surface area contributed by atoms with Gasteiger partial charge in [-0.1, -0.05) is 40.3 Å². The zero-order chi connectivity index (χ0) is 15.2. The van der Waals surface area contributed by atoms with Gasteiger partial charge in [-0.3, -0.25) is 0 Å². The summed E-state index contributed by atoms with van der Waals surface area (Å²) in [5, 5.41) is 0. The summed E-state index contributed by atoms with van der Waals surface area (Å²) in [6.45, 7) is 2.90. The maximum absolute atomic E-state index is 5.69. The van der Waals surface area contributed by atoms with Crippen molar-refractivity contribution in [3.63, 3.8) is 0 Å². The Morgan fingerprint density at radius 2 is 1.90 bits per heavy atom. The lowest BCUT2D eigenvalue weighted by Crippen LogP contribution is -2.14. The normalized spacial score (nSPS) is 10.2. The number of ether oxygens (including phenoxy) is 2. The van der Waals surface area contributed by atoms with Crippen LogP contribution in [0.5, 0.6) is 11.5 Å². The Morgan fingerprint density at radius 3 is 2.62 bits per heavy atom. The Kier molecular flexibility index (Phi) is 5.59. The van der Waals surface area contributed by atoms with Crippen molar-refractivity contribution >= 4 is 33.1 Å². The molecule has 0 fully saturated rings. The van der Waals surface area contributed by atoms with Gasteiger partial charge >= 0.3 is 0 Å². The van der Waals surface area contributed by atoms with Crippen LogP contribution in [0.15, 0.2) is 46.9 Å². The smallest absolute Gasteiger partial charge is 0.129 e. The highest BCUT2D eigenvalue weighted by atomic mass is 79.9. The minimum Gasteiger partial charge on any atom is -0.490 e. The van der Waals surface area contributed by atoms with Gasteiger partial charge in [0.15, 0.2) is 0 Å². The number of aryl methyl sites for hydroxylation is 1. The molecule has 0 saturated heterocycles. The van der Waals surface area contributed by atoms with Gasteiger partial charge in [-0.15, -0.1) is 0 Å². The highest BCUT2D eigenvalue weighted by molar-refractivity contribution is 9.10. The molecule has 0 aliphatic rings. The molecule has 0 atom stereocenters. The third-order valence-corrected chi connectivity index (χ3v) is 3.52. The molecule has 0 aliphatic carbocycles. The standard InChI is InChI=1S/C16H16BrNO2S/c1-11-3-2-4-13(9-11)19-7-8-20-15-6-5-12(17)10-14(15)16(18)21/h2-6,9-10H,7-8H2,1H3,(H2,18,21). The average molecular weight is 366 g/mol. The number of thiocarbonyl (C=S) groups is 1. The van der Waals surface area contributed by atoms with Crippen LogP contribution in [0.3, 0.4) is 0 Å². The third-order valence-electron chi connectivity index (χ3n) is 2.81.